The minimum atomic E-state index is -1.04. The van der Waals surface area contributed by atoms with Crippen molar-refractivity contribution in [2.24, 2.45) is 5.73 Å². The SMILES string of the molecule is N[C@@H](Cc1ccc(OCC(Cl)C=O)cc1)C(=O)O. The van der Waals surface area contributed by atoms with Gasteiger partial charge in [-0.15, -0.1) is 11.6 Å². The van der Waals surface area contributed by atoms with Gasteiger partial charge in [-0.25, -0.2) is 0 Å². The molecule has 0 fully saturated rings. The molecule has 0 aliphatic heterocycles. The molecule has 0 bridgehead atoms. The van der Waals surface area contributed by atoms with Crippen LogP contribution in [0.2, 0.25) is 0 Å². The molecule has 0 amide bonds. The van der Waals surface area contributed by atoms with E-state index in [1.165, 1.54) is 0 Å². The van der Waals surface area contributed by atoms with E-state index in [9.17, 15) is 9.59 Å². The summed E-state index contributed by atoms with van der Waals surface area (Å²) in [5.41, 5.74) is 6.22. The second-order valence-corrected chi connectivity index (χ2v) is 4.32. The lowest BCUT2D eigenvalue weighted by Gasteiger charge is -2.09. The summed E-state index contributed by atoms with van der Waals surface area (Å²) in [7, 11) is 0. The molecule has 5 nitrogen and oxygen atoms in total. The van der Waals surface area contributed by atoms with Gasteiger partial charge in [0.15, 0.2) is 0 Å². The molecular formula is C12H14ClNO4. The first kappa shape index (κ1) is 14.5. The van der Waals surface area contributed by atoms with Gasteiger partial charge in [-0.05, 0) is 24.1 Å². The molecule has 1 aromatic rings. The normalized spacial score (nSPS) is 13.7. The fourth-order valence-corrected chi connectivity index (χ4v) is 1.34. The van der Waals surface area contributed by atoms with Crippen LogP contribution in [0.15, 0.2) is 24.3 Å². The summed E-state index contributed by atoms with van der Waals surface area (Å²) >= 11 is 5.58. The van der Waals surface area contributed by atoms with Crippen LogP contribution >= 0.6 is 11.6 Å². The van der Waals surface area contributed by atoms with Crippen molar-refractivity contribution < 1.29 is 19.4 Å². The van der Waals surface area contributed by atoms with Crippen LogP contribution in [0.5, 0.6) is 5.75 Å². The average Bonchev–Trinajstić information content (AvgIpc) is 2.37. The van der Waals surface area contributed by atoms with Crippen molar-refractivity contribution in [3.8, 4) is 5.75 Å². The molecule has 0 aliphatic rings. The summed E-state index contributed by atoms with van der Waals surface area (Å²) in [4.78, 5) is 20.9. The molecule has 6 heteroatoms. The number of hydrogen-bond donors (Lipinski definition) is 2. The van der Waals surface area contributed by atoms with Gasteiger partial charge in [0, 0.05) is 0 Å². The maximum Gasteiger partial charge on any atom is 0.320 e. The molecule has 2 atom stereocenters. The second kappa shape index (κ2) is 6.98. The lowest BCUT2D eigenvalue weighted by molar-refractivity contribution is -0.138. The summed E-state index contributed by atoms with van der Waals surface area (Å²) in [6.45, 7) is 0.0963. The Morgan fingerprint density at radius 2 is 2.06 bits per heavy atom. The highest BCUT2D eigenvalue weighted by molar-refractivity contribution is 6.27. The van der Waals surface area contributed by atoms with Crippen LogP contribution in [0.25, 0.3) is 0 Å². The molecule has 3 N–H and O–H groups in total. The molecular weight excluding hydrogens is 258 g/mol. The van der Waals surface area contributed by atoms with Gasteiger partial charge in [-0.3, -0.25) is 4.79 Å². The minimum absolute atomic E-state index is 0.0963. The summed E-state index contributed by atoms with van der Waals surface area (Å²) in [5, 5.41) is 8.00. The zero-order valence-electron chi connectivity index (χ0n) is 9.58. The van der Waals surface area contributed by atoms with Crippen molar-refractivity contribution in [3.05, 3.63) is 29.8 Å². The number of rotatable bonds is 7. The Kier molecular flexibility index (Phi) is 5.61. The van der Waals surface area contributed by atoms with Crippen molar-refractivity contribution in [2.75, 3.05) is 6.61 Å². The van der Waals surface area contributed by atoms with Crippen LogP contribution in [0, 0.1) is 0 Å². The summed E-state index contributed by atoms with van der Waals surface area (Å²) < 4.78 is 5.26. The zero-order valence-corrected chi connectivity index (χ0v) is 10.3. The first-order valence-electron chi connectivity index (χ1n) is 5.32. The molecule has 0 saturated carbocycles. The average molecular weight is 272 g/mol. The Morgan fingerprint density at radius 3 is 2.56 bits per heavy atom. The summed E-state index contributed by atoms with van der Waals surface area (Å²) in [5.74, 6) is -0.471. The first-order chi connectivity index (χ1) is 8.52. The van der Waals surface area contributed by atoms with E-state index in [-0.39, 0.29) is 13.0 Å². The van der Waals surface area contributed by atoms with E-state index in [4.69, 9.17) is 27.2 Å². The zero-order chi connectivity index (χ0) is 13.5. The molecule has 1 aromatic carbocycles. The molecule has 1 unspecified atom stereocenters. The number of benzene rings is 1. The fraction of sp³-hybridized carbons (Fsp3) is 0.333. The quantitative estimate of drug-likeness (QED) is 0.566. The molecule has 0 saturated heterocycles. The predicted molar refractivity (Wildman–Crippen MR) is 67.0 cm³/mol. The Morgan fingerprint density at radius 1 is 1.44 bits per heavy atom. The molecule has 0 aliphatic carbocycles. The number of carboxylic acid groups (broad SMARTS) is 1. The van der Waals surface area contributed by atoms with Crippen LogP contribution in [-0.2, 0) is 16.0 Å². The molecule has 1 rings (SSSR count). The van der Waals surface area contributed by atoms with Gasteiger partial charge in [0.25, 0.3) is 0 Å². The smallest absolute Gasteiger partial charge is 0.320 e. The van der Waals surface area contributed by atoms with Gasteiger partial charge in [0.1, 0.15) is 30.1 Å². The molecule has 0 heterocycles. The van der Waals surface area contributed by atoms with E-state index >= 15 is 0 Å². The number of hydrogen-bond acceptors (Lipinski definition) is 4. The number of carboxylic acids is 1. The van der Waals surface area contributed by atoms with Crippen molar-refractivity contribution >= 4 is 23.9 Å². The van der Waals surface area contributed by atoms with Crippen LogP contribution in [-0.4, -0.2) is 35.4 Å². The third kappa shape index (κ3) is 4.73. The number of alkyl halides is 1. The Labute approximate surface area is 109 Å². The standard InChI is InChI=1S/C12H14ClNO4/c13-9(6-15)7-18-10-3-1-8(2-4-10)5-11(14)12(16)17/h1-4,6,9,11H,5,7,14H2,(H,16,17)/t9?,11-/m0/s1. The molecule has 0 spiro atoms. The number of halogens is 1. The van der Waals surface area contributed by atoms with Gasteiger partial charge in [-0.2, -0.15) is 0 Å². The van der Waals surface area contributed by atoms with Gasteiger partial charge in [0.05, 0.1) is 0 Å². The first-order valence-corrected chi connectivity index (χ1v) is 5.76. The lowest BCUT2D eigenvalue weighted by atomic mass is 10.1. The van der Waals surface area contributed by atoms with Crippen LogP contribution < -0.4 is 10.5 Å². The molecule has 98 valence electrons. The van der Waals surface area contributed by atoms with Gasteiger partial charge in [-0.1, -0.05) is 12.1 Å². The van der Waals surface area contributed by atoms with Crippen molar-refractivity contribution in [2.45, 2.75) is 17.8 Å². The van der Waals surface area contributed by atoms with E-state index in [2.05, 4.69) is 0 Å². The van der Waals surface area contributed by atoms with Crippen molar-refractivity contribution in [3.63, 3.8) is 0 Å². The van der Waals surface area contributed by atoms with E-state index < -0.39 is 17.4 Å². The third-order valence-corrected chi connectivity index (χ3v) is 2.48. The molecule has 0 aromatic heterocycles. The van der Waals surface area contributed by atoms with Crippen LogP contribution in [0.3, 0.4) is 0 Å². The van der Waals surface area contributed by atoms with E-state index in [0.29, 0.717) is 12.0 Å². The second-order valence-electron chi connectivity index (χ2n) is 3.76. The lowest BCUT2D eigenvalue weighted by Crippen LogP contribution is -2.32. The summed E-state index contributed by atoms with van der Waals surface area (Å²) in [6.07, 6.45) is 0.851. The maximum absolute atomic E-state index is 10.6. The van der Waals surface area contributed by atoms with Gasteiger partial charge < -0.3 is 20.4 Å². The van der Waals surface area contributed by atoms with Gasteiger partial charge in [0.2, 0.25) is 0 Å². The maximum atomic E-state index is 10.6. The van der Waals surface area contributed by atoms with Crippen LogP contribution in [0.4, 0.5) is 0 Å². The monoisotopic (exact) mass is 271 g/mol. The number of carbonyl (C=O) groups excluding carboxylic acids is 1. The highest BCUT2D eigenvalue weighted by Gasteiger charge is 2.12. The van der Waals surface area contributed by atoms with Crippen LogP contribution in [0.1, 0.15) is 5.56 Å². The predicted octanol–water partition coefficient (Wildman–Crippen LogP) is 0.826. The van der Waals surface area contributed by atoms with E-state index in [0.717, 1.165) is 5.56 Å². The number of nitrogens with two attached hydrogens (primary N) is 1. The topological polar surface area (TPSA) is 89.6 Å². The van der Waals surface area contributed by atoms with Gasteiger partial charge >= 0.3 is 5.97 Å². The number of ether oxygens (including phenoxy) is 1. The Balaban J connectivity index is 2.52. The summed E-state index contributed by atoms with van der Waals surface area (Å²) in [6, 6.07) is 5.89. The number of aldehydes is 1. The fourth-order valence-electron chi connectivity index (χ4n) is 1.28. The largest absolute Gasteiger partial charge is 0.492 e. The van der Waals surface area contributed by atoms with Crippen molar-refractivity contribution in [1.29, 1.82) is 0 Å². The Hall–Kier alpha value is -1.59. The number of aliphatic carboxylic acids is 1. The van der Waals surface area contributed by atoms with E-state index in [1.807, 2.05) is 0 Å². The highest BCUT2D eigenvalue weighted by atomic mass is 35.5. The molecule has 18 heavy (non-hydrogen) atoms. The number of carbonyl (C=O) groups is 2. The molecule has 0 radical (unpaired) electrons. The minimum Gasteiger partial charge on any atom is -0.492 e. The highest BCUT2D eigenvalue weighted by Crippen LogP contribution is 2.14. The van der Waals surface area contributed by atoms with E-state index in [1.54, 1.807) is 24.3 Å². The third-order valence-electron chi connectivity index (χ3n) is 2.25. The van der Waals surface area contributed by atoms with Crippen molar-refractivity contribution in [1.82, 2.24) is 0 Å². The Bertz CT molecular complexity index is 407.